The predicted octanol–water partition coefficient (Wildman–Crippen LogP) is 5.64. The van der Waals surface area contributed by atoms with Crippen LogP contribution in [0.15, 0.2) is 96.0 Å². The van der Waals surface area contributed by atoms with Gasteiger partial charge in [0, 0.05) is 28.5 Å². The quantitative estimate of drug-likeness (QED) is 0.249. The molecule has 3 heterocycles. The molecule has 0 saturated carbocycles. The van der Waals surface area contributed by atoms with Crippen molar-refractivity contribution in [3.63, 3.8) is 0 Å². The first-order chi connectivity index (χ1) is 17.2. The second-order valence-electron chi connectivity index (χ2n) is 8.91. The van der Waals surface area contributed by atoms with Crippen LogP contribution in [-0.2, 0) is 10.1 Å². The molecule has 180 valence electrons. The van der Waals surface area contributed by atoms with E-state index in [-0.39, 0.29) is 4.90 Å². The van der Waals surface area contributed by atoms with Crippen molar-refractivity contribution in [3.05, 3.63) is 108 Å². The van der Waals surface area contributed by atoms with E-state index in [1.165, 1.54) is 39.6 Å². The zero-order chi connectivity index (χ0) is 25.4. The molecule has 0 spiro atoms. The van der Waals surface area contributed by atoms with Gasteiger partial charge in [0.1, 0.15) is 21.3 Å². The van der Waals surface area contributed by atoms with Crippen LogP contribution in [0.4, 0.5) is 0 Å². The third-order valence-corrected chi connectivity index (χ3v) is 7.05. The molecule has 0 unspecified atom stereocenters. The number of hydrogen-bond donors (Lipinski definition) is 1. The van der Waals surface area contributed by atoms with Gasteiger partial charge in [0.05, 0.1) is 10.4 Å². The molecule has 0 atom stereocenters. The summed E-state index contributed by atoms with van der Waals surface area (Å²) < 4.78 is 33.2. The lowest BCUT2D eigenvalue weighted by atomic mass is 10.1. The molecule has 1 N–H and O–H groups in total. The van der Waals surface area contributed by atoms with Crippen LogP contribution >= 0.6 is 0 Å². The number of H-pyrrole nitrogens is 1. The topological polar surface area (TPSA) is 90.0 Å². The first-order valence-electron chi connectivity index (χ1n) is 11.5. The summed E-state index contributed by atoms with van der Waals surface area (Å²) in [4.78, 5) is 4.68. The van der Waals surface area contributed by atoms with E-state index >= 15 is 0 Å². The summed E-state index contributed by atoms with van der Waals surface area (Å²) in [5, 5.41) is 5.95. The first-order valence-corrected chi connectivity index (χ1v) is 12.9. The van der Waals surface area contributed by atoms with E-state index in [1.807, 2.05) is 13.0 Å². The van der Waals surface area contributed by atoms with Crippen LogP contribution in [-0.4, -0.2) is 23.1 Å². The van der Waals surface area contributed by atoms with E-state index in [0.717, 1.165) is 27.8 Å². The van der Waals surface area contributed by atoms with Crippen molar-refractivity contribution in [2.24, 2.45) is 0 Å². The van der Waals surface area contributed by atoms with Gasteiger partial charge in [-0.2, -0.15) is 5.10 Å². The maximum Gasteiger partial charge on any atom is 0.262 e. The number of para-hydroxylation sites is 1. The number of hydrogen-bond acceptors (Lipinski definition) is 4. The molecule has 6 rings (SSSR count). The minimum absolute atomic E-state index is 0.178. The molecule has 7 heteroatoms. The lowest BCUT2D eigenvalue weighted by Crippen LogP contribution is -2.27. The van der Waals surface area contributed by atoms with Gasteiger partial charge in [-0.3, -0.25) is 0 Å². The Morgan fingerprint density at radius 3 is 2.11 bits per heavy atom. The Morgan fingerprint density at radius 2 is 1.44 bits per heavy atom. The van der Waals surface area contributed by atoms with Gasteiger partial charge in [-0.25, -0.2) is 13.4 Å². The van der Waals surface area contributed by atoms with Crippen molar-refractivity contribution in [3.8, 4) is 11.3 Å². The molecule has 0 aliphatic heterocycles. The second-order valence-corrected chi connectivity index (χ2v) is 10.3. The summed E-state index contributed by atoms with van der Waals surface area (Å²) in [6.07, 6.45) is 2.09. The van der Waals surface area contributed by atoms with E-state index in [4.69, 9.17) is 4.98 Å². The molecule has 0 fully saturated rings. The molecule has 3 aromatic carbocycles. The van der Waals surface area contributed by atoms with Gasteiger partial charge in [-0.15, -0.1) is 0 Å². The highest BCUT2D eigenvalue weighted by Crippen LogP contribution is 2.28. The van der Waals surface area contributed by atoms with E-state index in [0.29, 0.717) is 0 Å². The Labute approximate surface area is 209 Å². The van der Waals surface area contributed by atoms with Crippen LogP contribution in [0.25, 0.3) is 38.6 Å². The lowest BCUT2D eigenvalue weighted by Gasteiger charge is -2.05. The van der Waals surface area contributed by atoms with Crippen molar-refractivity contribution in [2.75, 3.05) is 0 Å². The van der Waals surface area contributed by atoms with Crippen LogP contribution in [0.2, 0.25) is 0 Å². The van der Waals surface area contributed by atoms with Gasteiger partial charge < -0.3 is 4.55 Å². The summed E-state index contributed by atoms with van der Waals surface area (Å²) in [6, 6.07) is 27.1. The fourth-order valence-corrected chi connectivity index (χ4v) is 4.72. The Hall–Kier alpha value is -4.07. The van der Waals surface area contributed by atoms with Crippen LogP contribution in [0.5, 0.6) is 0 Å². The van der Waals surface area contributed by atoms with Crippen LogP contribution < -0.4 is 4.52 Å². The maximum absolute atomic E-state index is 10.4. The molecule has 36 heavy (non-hydrogen) atoms. The van der Waals surface area contributed by atoms with E-state index in [2.05, 4.69) is 84.3 Å². The van der Waals surface area contributed by atoms with Crippen LogP contribution in [0.3, 0.4) is 0 Å². The van der Waals surface area contributed by atoms with Crippen molar-refractivity contribution in [2.45, 2.75) is 25.7 Å². The molecule has 0 amide bonds. The maximum atomic E-state index is 10.4. The van der Waals surface area contributed by atoms with E-state index < -0.39 is 10.1 Å². The number of nitrogens with zero attached hydrogens (tertiary/aromatic N) is 2. The lowest BCUT2D eigenvalue weighted by molar-refractivity contribution is -0.578. The Bertz CT molecular complexity index is 1820. The smallest absolute Gasteiger partial charge is 0.262 e. The molecule has 0 aliphatic carbocycles. The Balaban J connectivity index is 0.000000205. The molecular formula is C29H25N3O3S. The predicted molar refractivity (Wildman–Crippen MR) is 141 cm³/mol. The summed E-state index contributed by atoms with van der Waals surface area (Å²) in [6.45, 7) is 6.08. The zero-order valence-corrected chi connectivity index (χ0v) is 21.0. The minimum Gasteiger partial charge on any atom is -0.744 e. The van der Waals surface area contributed by atoms with Crippen molar-refractivity contribution < 1.29 is 17.5 Å². The number of fused-ring (bicyclic) bond motifs is 5. The van der Waals surface area contributed by atoms with E-state index in [1.54, 1.807) is 12.1 Å². The fraction of sp³-hybridized carbons (Fsp3) is 0.103. The highest BCUT2D eigenvalue weighted by Gasteiger charge is 2.17. The summed E-state index contributed by atoms with van der Waals surface area (Å²) >= 11 is 0. The molecule has 3 aromatic heterocycles. The molecule has 0 saturated heterocycles. The van der Waals surface area contributed by atoms with Gasteiger partial charge in [0.2, 0.25) is 6.20 Å². The number of rotatable bonds is 2. The zero-order valence-electron chi connectivity index (χ0n) is 20.2. The Kier molecular flexibility index (Phi) is 6.04. The third kappa shape index (κ3) is 4.58. The third-order valence-electron chi connectivity index (χ3n) is 6.20. The molecular weight excluding hydrogens is 470 g/mol. The SMILES string of the molecule is Cc1ccc(-c2[nH][n+]3ccc4c5ccccc5nc4c3cc2C)cc1.Cc1ccc(S(=O)(=O)[O-])cc1. The summed E-state index contributed by atoms with van der Waals surface area (Å²) in [7, 11) is -4.27. The molecule has 0 bridgehead atoms. The molecule has 6 aromatic rings. The average Bonchev–Trinajstić information content (AvgIpc) is 3.24. The van der Waals surface area contributed by atoms with Gasteiger partial charge >= 0.3 is 0 Å². The van der Waals surface area contributed by atoms with Gasteiger partial charge in [-0.1, -0.05) is 70.2 Å². The summed E-state index contributed by atoms with van der Waals surface area (Å²) in [5.74, 6) is 0. The summed E-state index contributed by atoms with van der Waals surface area (Å²) in [5.41, 5.74) is 8.92. The van der Waals surface area contributed by atoms with Crippen LogP contribution in [0, 0.1) is 20.8 Å². The molecule has 0 radical (unpaired) electrons. The van der Waals surface area contributed by atoms with Gasteiger partial charge in [0.25, 0.3) is 5.52 Å². The minimum atomic E-state index is -4.27. The number of benzene rings is 3. The second kappa shape index (κ2) is 9.18. The monoisotopic (exact) mass is 495 g/mol. The Morgan fingerprint density at radius 1 is 0.806 bits per heavy atom. The fourth-order valence-electron chi connectivity index (χ4n) is 4.25. The number of aryl methyl sites for hydroxylation is 3. The molecule has 0 aliphatic rings. The number of aromatic amines is 1. The highest BCUT2D eigenvalue weighted by atomic mass is 32.2. The van der Waals surface area contributed by atoms with Crippen LogP contribution in [0.1, 0.15) is 16.7 Å². The largest absolute Gasteiger partial charge is 0.744 e. The van der Waals surface area contributed by atoms with Crippen molar-refractivity contribution >= 4 is 37.4 Å². The van der Waals surface area contributed by atoms with Gasteiger partial charge in [-0.05, 0) is 44.5 Å². The molecule has 6 nitrogen and oxygen atoms in total. The van der Waals surface area contributed by atoms with Gasteiger partial charge in [0.15, 0.2) is 0 Å². The van der Waals surface area contributed by atoms with E-state index in [9.17, 15) is 13.0 Å². The first kappa shape index (κ1) is 23.7. The average molecular weight is 496 g/mol. The highest BCUT2D eigenvalue weighted by molar-refractivity contribution is 7.85. The van der Waals surface area contributed by atoms with Crippen molar-refractivity contribution in [1.29, 1.82) is 0 Å². The number of pyridine rings is 1. The number of nitrogens with one attached hydrogen (secondary N) is 1. The number of aromatic nitrogens is 3. The van der Waals surface area contributed by atoms with Crippen molar-refractivity contribution in [1.82, 2.24) is 10.1 Å². The normalized spacial score (nSPS) is 11.6. The standard InChI is InChI=1S/C22H17N3.C7H8O3S/c1-14-7-9-16(10-8-14)21-15(2)13-20-22-18(11-12-25(20)24-21)17-5-3-4-6-19(17)23-22;1-6-2-4-7(5-3-6)11(8,9)10/h3-13H,1-2H3;2-5H,1H3,(H,8,9,10).